The van der Waals surface area contributed by atoms with E-state index in [1.165, 1.54) is 6.42 Å². The van der Waals surface area contributed by atoms with Crippen molar-refractivity contribution in [2.24, 2.45) is 17.3 Å². The van der Waals surface area contributed by atoms with Gasteiger partial charge in [-0.25, -0.2) is 9.67 Å². The highest BCUT2D eigenvalue weighted by molar-refractivity contribution is 6.28. The van der Waals surface area contributed by atoms with Gasteiger partial charge in [-0.05, 0) is 68.4 Å². The predicted octanol–water partition coefficient (Wildman–Crippen LogP) is 2.75. The van der Waals surface area contributed by atoms with E-state index < -0.39 is 0 Å². The highest BCUT2D eigenvalue weighted by atomic mass is 35.5. The van der Waals surface area contributed by atoms with Crippen LogP contribution in [0.4, 0.5) is 0 Å². The first-order chi connectivity index (χ1) is 10.6. The number of carbonyl (C=O) groups is 1. The molecule has 4 aliphatic carbocycles. The Balaban J connectivity index is 1.67. The first kappa shape index (κ1) is 14.5. The number of nitrogens with zero attached hydrogens (tertiary/aromatic N) is 3. The maximum absolute atomic E-state index is 12.9. The molecule has 2 unspecified atom stereocenters. The molecule has 5 rings (SSSR count). The third kappa shape index (κ3) is 2.08. The molecule has 0 spiro atoms. The summed E-state index contributed by atoms with van der Waals surface area (Å²) < 4.78 is 1.97. The van der Waals surface area contributed by atoms with Crippen molar-refractivity contribution in [2.75, 3.05) is 6.54 Å². The molecule has 4 aliphatic rings. The summed E-state index contributed by atoms with van der Waals surface area (Å²) in [7, 11) is 0. The van der Waals surface area contributed by atoms with Crippen LogP contribution in [0.1, 0.15) is 51.9 Å². The van der Waals surface area contributed by atoms with E-state index in [-0.39, 0.29) is 16.9 Å². The number of carbonyl (C=O) groups excluding carboxylic acids is 1. The maximum atomic E-state index is 12.9. The van der Waals surface area contributed by atoms with Crippen molar-refractivity contribution in [3.05, 3.63) is 11.6 Å². The summed E-state index contributed by atoms with van der Waals surface area (Å²) in [6, 6.07) is 0. The van der Waals surface area contributed by atoms with Crippen LogP contribution in [0.2, 0.25) is 5.28 Å². The molecule has 0 aliphatic heterocycles. The van der Waals surface area contributed by atoms with Crippen LogP contribution >= 0.6 is 11.6 Å². The lowest BCUT2D eigenvalue weighted by Crippen LogP contribution is -2.61. The minimum atomic E-state index is -0.197. The van der Waals surface area contributed by atoms with Gasteiger partial charge in [0.25, 0.3) is 0 Å². The predicted molar refractivity (Wildman–Crippen MR) is 83.4 cm³/mol. The molecule has 1 heterocycles. The molecule has 5 nitrogen and oxygen atoms in total. The van der Waals surface area contributed by atoms with Crippen LogP contribution in [0.5, 0.6) is 0 Å². The molecule has 4 fully saturated rings. The second-order valence-corrected chi connectivity index (χ2v) is 8.02. The first-order valence-corrected chi connectivity index (χ1v) is 8.79. The van der Waals surface area contributed by atoms with Crippen molar-refractivity contribution < 1.29 is 4.79 Å². The molecule has 22 heavy (non-hydrogen) atoms. The normalized spacial score (nSPS) is 39.2. The van der Waals surface area contributed by atoms with Crippen LogP contribution in [0.15, 0.2) is 6.33 Å². The minimum Gasteiger partial charge on any atom is -0.356 e. The van der Waals surface area contributed by atoms with Gasteiger partial charge in [-0.2, -0.15) is 0 Å². The fourth-order valence-corrected chi connectivity index (χ4v) is 5.77. The SMILES string of the molecule is CCCNC(=O)C12C[C@H]3C[C@@H](C1)CC(n1cnc(Cl)n1)(C3)C2. The van der Waals surface area contributed by atoms with Crippen molar-refractivity contribution in [1.82, 2.24) is 20.1 Å². The Labute approximate surface area is 135 Å². The van der Waals surface area contributed by atoms with Crippen LogP contribution in [0.25, 0.3) is 0 Å². The number of rotatable bonds is 4. The maximum Gasteiger partial charge on any atom is 0.242 e. The lowest BCUT2D eigenvalue weighted by molar-refractivity contribution is -0.156. The van der Waals surface area contributed by atoms with E-state index in [1.807, 2.05) is 4.68 Å². The van der Waals surface area contributed by atoms with E-state index in [9.17, 15) is 4.79 Å². The monoisotopic (exact) mass is 322 g/mol. The van der Waals surface area contributed by atoms with Crippen LogP contribution < -0.4 is 5.32 Å². The summed E-state index contributed by atoms with van der Waals surface area (Å²) in [5.41, 5.74) is -0.245. The third-order valence-corrected chi connectivity index (χ3v) is 6.17. The van der Waals surface area contributed by atoms with Gasteiger partial charge < -0.3 is 5.32 Å². The molecule has 1 aromatic heterocycles. The van der Waals surface area contributed by atoms with Gasteiger partial charge in [-0.1, -0.05) is 6.92 Å². The molecule has 1 N–H and O–H groups in total. The smallest absolute Gasteiger partial charge is 0.242 e. The van der Waals surface area contributed by atoms with Crippen molar-refractivity contribution in [3.8, 4) is 0 Å². The van der Waals surface area contributed by atoms with E-state index in [4.69, 9.17) is 11.6 Å². The first-order valence-electron chi connectivity index (χ1n) is 8.41. The largest absolute Gasteiger partial charge is 0.356 e. The van der Waals surface area contributed by atoms with Gasteiger partial charge in [-0.3, -0.25) is 4.79 Å². The standard InChI is InChI=1S/C16H23ClN4O/c1-2-3-18-13(22)15-5-11-4-12(6-15)8-16(7-11,9-15)21-10-19-14(17)20-21/h10-12H,2-9H2,1H3,(H,18,22)/t11-,12+,15?,16?. The Kier molecular flexibility index (Phi) is 3.26. The fraction of sp³-hybridized carbons (Fsp3) is 0.812. The van der Waals surface area contributed by atoms with Crippen molar-refractivity contribution in [1.29, 1.82) is 0 Å². The van der Waals surface area contributed by atoms with Crippen LogP contribution in [-0.4, -0.2) is 27.2 Å². The summed E-state index contributed by atoms with van der Waals surface area (Å²) in [4.78, 5) is 17.0. The number of amides is 1. The molecule has 1 amide bonds. The Morgan fingerprint density at radius 1 is 1.41 bits per heavy atom. The lowest BCUT2D eigenvalue weighted by atomic mass is 9.46. The number of nitrogens with one attached hydrogen (secondary N) is 1. The van der Waals surface area contributed by atoms with Crippen molar-refractivity contribution >= 4 is 17.5 Å². The summed E-state index contributed by atoms with van der Waals surface area (Å²) in [6.45, 7) is 2.87. The van der Waals surface area contributed by atoms with Gasteiger partial charge >= 0.3 is 0 Å². The second kappa shape index (κ2) is 4.95. The quantitative estimate of drug-likeness (QED) is 0.927. The topological polar surface area (TPSA) is 59.8 Å². The molecule has 1 aromatic rings. The molecule has 0 saturated heterocycles. The molecule has 6 heteroatoms. The average molecular weight is 323 g/mol. The molecule has 0 aromatic carbocycles. The van der Waals surface area contributed by atoms with Crippen LogP contribution in [-0.2, 0) is 10.3 Å². The molecule has 4 atom stereocenters. The second-order valence-electron chi connectivity index (χ2n) is 7.68. The van der Waals surface area contributed by atoms with Crippen LogP contribution in [0, 0.1) is 17.3 Å². The van der Waals surface area contributed by atoms with Gasteiger partial charge in [0, 0.05) is 6.54 Å². The van der Waals surface area contributed by atoms with E-state index in [1.54, 1.807) is 6.33 Å². The number of hydrogen-bond acceptors (Lipinski definition) is 3. The Morgan fingerprint density at radius 3 is 2.73 bits per heavy atom. The van der Waals surface area contributed by atoms with Gasteiger partial charge in [0.15, 0.2) is 0 Å². The molecule has 120 valence electrons. The zero-order chi connectivity index (χ0) is 15.4. The fourth-order valence-electron chi connectivity index (χ4n) is 5.65. The summed E-state index contributed by atoms with van der Waals surface area (Å²) in [5, 5.41) is 7.85. The third-order valence-electron chi connectivity index (χ3n) is 6.00. The number of hydrogen-bond donors (Lipinski definition) is 1. The average Bonchev–Trinajstić information content (AvgIpc) is 2.91. The van der Waals surface area contributed by atoms with E-state index in [0.717, 1.165) is 45.1 Å². The zero-order valence-electron chi connectivity index (χ0n) is 13.0. The summed E-state index contributed by atoms with van der Waals surface area (Å²) in [6.07, 6.45) is 9.23. The van der Waals surface area contributed by atoms with Gasteiger partial charge in [0.1, 0.15) is 6.33 Å². The van der Waals surface area contributed by atoms with E-state index in [0.29, 0.717) is 17.1 Å². The number of aromatic nitrogens is 3. The zero-order valence-corrected chi connectivity index (χ0v) is 13.8. The van der Waals surface area contributed by atoms with Gasteiger partial charge in [-0.15, -0.1) is 5.10 Å². The Hall–Kier alpha value is -1.10. The van der Waals surface area contributed by atoms with E-state index >= 15 is 0 Å². The van der Waals surface area contributed by atoms with Gasteiger partial charge in [0.05, 0.1) is 11.0 Å². The number of halogens is 1. The Bertz CT molecular complexity index is 585. The lowest BCUT2D eigenvalue weighted by Gasteiger charge is -2.60. The Morgan fingerprint density at radius 2 is 2.14 bits per heavy atom. The highest BCUT2D eigenvalue weighted by Crippen LogP contribution is 2.64. The molecular formula is C16H23ClN4O. The molecule has 0 radical (unpaired) electrons. The van der Waals surface area contributed by atoms with Crippen molar-refractivity contribution in [2.45, 2.75) is 57.4 Å². The van der Waals surface area contributed by atoms with Gasteiger partial charge in [0.2, 0.25) is 11.2 Å². The van der Waals surface area contributed by atoms with E-state index in [2.05, 4.69) is 22.3 Å². The van der Waals surface area contributed by atoms with Crippen molar-refractivity contribution in [3.63, 3.8) is 0 Å². The molecule has 4 saturated carbocycles. The summed E-state index contributed by atoms with van der Waals surface area (Å²) >= 11 is 5.94. The van der Waals surface area contributed by atoms with Crippen LogP contribution in [0.3, 0.4) is 0 Å². The molecular weight excluding hydrogens is 300 g/mol. The summed E-state index contributed by atoms with van der Waals surface area (Å²) in [5.74, 6) is 1.53. The minimum absolute atomic E-state index is 0.0478. The molecule has 4 bridgehead atoms. The highest BCUT2D eigenvalue weighted by Gasteiger charge is 2.61.